The molecule has 2 rings (SSSR count). The number of rotatable bonds is 10. The zero-order chi connectivity index (χ0) is 27.7. The second-order valence-corrected chi connectivity index (χ2v) is 24.8. The molecule has 0 radical (unpaired) electrons. The van der Waals surface area contributed by atoms with Crippen LogP contribution in [-0.2, 0) is 0 Å². The monoisotopic (exact) mass is 546 g/mol. The van der Waals surface area contributed by atoms with Crippen LogP contribution in [0.15, 0.2) is 36.4 Å². The molecular weight excluding hydrogens is 489 g/mol. The Hall–Kier alpha value is -0.270. The van der Waals surface area contributed by atoms with Gasteiger partial charge in [-0.2, -0.15) is 0 Å². The van der Waals surface area contributed by atoms with Gasteiger partial charge in [0, 0.05) is 25.1 Å². The molecule has 2 aromatic rings. The van der Waals surface area contributed by atoms with E-state index in [0.717, 1.165) is 0 Å². The summed E-state index contributed by atoms with van der Waals surface area (Å²) in [6.45, 7) is 37.0. The van der Waals surface area contributed by atoms with Gasteiger partial charge in [-0.3, -0.25) is 0 Å². The van der Waals surface area contributed by atoms with Crippen LogP contribution < -0.4 is 21.2 Å². The van der Waals surface area contributed by atoms with Crippen molar-refractivity contribution in [3.8, 4) is 0 Å². The van der Waals surface area contributed by atoms with E-state index in [2.05, 4.69) is 139 Å². The number of hydrogen-bond acceptors (Lipinski definition) is 0. The maximum atomic E-state index is 2.63. The molecule has 36 heavy (non-hydrogen) atoms. The highest BCUT2D eigenvalue weighted by Crippen LogP contribution is 2.64. The minimum Gasteiger partial charge on any atom is -0.0587 e. The van der Waals surface area contributed by atoms with Crippen molar-refractivity contribution in [3.05, 3.63) is 47.5 Å². The molecule has 0 unspecified atom stereocenters. The van der Waals surface area contributed by atoms with Crippen molar-refractivity contribution in [1.29, 1.82) is 0 Å². The Kier molecular flexibility index (Phi) is 10.9. The van der Waals surface area contributed by atoms with Crippen LogP contribution in [-0.4, -0.2) is 42.6 Å². The Morgan fingerprint density at radius 3 is 1.00 bits per heavy atom. The molecule has 0 atom stereocenters. The normalized spacial score (nSPS) is 13.5. The Bertz CT molecular complexity index is 916. The Labute approximate surface area is 228 Å². The van der Waals surface area contributed by atoms with Crippen molar-refractivity contribution in [2.24, 2.45) is 0 Å². The first kappa shape index (κ1) is 31.9. The van der Waals surface area contributed by atoms with E-state index >= 15 is 0 Å². The zero-order valence-corrected chi connectivity index (χ0v) is 29.0. The predicted molar refractivity (Wildman–Crippen MR) is 179 cm³/mol. The molecule has 0 bridgehead atoms. The van der Waals surface area contributed by atoms with E-state index in [4.69, 9.17) is 0 Å². The van der Waals surface area contributed by atoms with Crippen molar-refractivity contribution in [3.63, 3.8) is 0 Å². The summed E-state index contributed by atoms with van der Waals surface area (Å²) < 4.78 is 0. The fourth-order valence-electron chi connectivity index (χ4n) is 5.59. The average molecular weight is 547 g/mol. The molecule has 0 saturated carbocycles. The first-order chi connectivity index (χ1) is 16.5. The van der Waals surface area contributed by atoms with E-state index in [1.165, 1.54) is 11.1 Å². The van der Waals surface area contributed by atoms with Crippen molar-refractivity contribution >= 4 is 43.7 Å². The van der Waals surface area contributed by atoms with Crippen LogP contribution in [0, 0.1) is 0 Å². The first-order valence-corrected chi connectivity index (χ1v) is 20.8. The predicted octanol–water partition coefficient (Wildman–Crippen LogP) is 9.17. The standard InChI is InChI=1S/C33H57P3/c1-22(2)28-16-18-32(35(14,24(5)6)25(7)8)30(20-28)34(13)31-21-29(23(3)4)17-19-33(31)36(15,26(9)10)27(11)12/h16-27H,1-15H3/q+2. The summed E-state index contributed by atoms with van der Waals surface area (Å²) in [5.74, 6) is 1.10. The molecule has 0 aliphatic carbocycles. The number of benzene rings is 2. The molecule has 0 heterocycles. The van der Waals surface area contributed by atoms with E-state index < -0.39 is 22.4 Å². The molecule has 2 aromatic carbocycles. The molecule has 0 fully saturated rings. The summed E-state index contributed by atoms with van der Waals surface area (Å²) in [5.41, 5.74) is 5.75. The van der Waals surface area contributed by atoms with Crippen LogP contribution in [0.3, 0.4) is 0 Å². The van der Waals surface area contributed by atoms with Gasteiger partial charge in [0.1, 0.15) is 10.6 Å². The van der Waals surface area contributed by atoms with Gasteiger partial charge in [0.15, 0.2) is 0 Å². The minimum atomic E-state index is -1.33. The van der Waals surface area contributed by atoms with Gasteiger partial charge in [-0.05, 0) is 117 Å². The van der Waals surface area contributed by atoms with Crippen LogP contribution in [0.4, 0.5) is 0 Å². The summed E-state index contributed by atoms with van der Waals surface area (Å²) in [7, 11) is -3.12. The molecule has 0 spiro atoms. The van der Waals surface area contributed by atoms with Crippen molar-refractivity contribution in [2.75, 3.05) is 20.0 Å². The van der Waals surface area contributed by atoms with Gasteiger partial charge >= 0.3 is 0 Å². The maximum Gasteiger partial charge on any atom is 0.102 e. The van der Waals surface area contributed by atoms with Gasteiger partial charge < -0.3 is 0 Å². The van der Waals surface area contributed by atoms with Crippen LogP contribution in [0.2, 0.25) is 0 Å². The molecule has 0 nitrogen and oxygen atoms in total. The lowest BCUT2D eigenvalue weighted by molar-refractivity contribution is 0.868. The van der Waals surface area contributed by atoms with E-state index in [1.807, 2.05) is 0 Å². The largest absolute Gasteiger partial charge is 0.102 e. The third-order valence-corrected chi connectivity index (χ3v) is 23.4. The molecule has 202 valence electrons. The molecule has 0 saturated heterocycles. The molecular formula is C33H57P3+2. The first-order valence-electron chi connectivity index (χ1n) is 14.3. The van der Waals surface area contributed by atoms with Crippen LogP contribution in [0.1, 0.15) is 106 Å². The van der Waals surface area contributed by atoms with Gasteiger partial charge in [0.25, 0.3) is 0 Å². The Balaban J connectivity index is 2.97. The fraction of sp³-hybridized carbons (Fsp3) is 0.636. The van der Waals surface area contributed by atoms with E-state index in [0.29, 0.717) is 34.5 Å². The quantitative estimate of drug-likeness (QED) is 0.261. The van der Waals surface area contributed by atoms with Crippen LogP contribution in [0.5, 0.6) is 0 Å². The minimum absolute atomic E-state index is 0.466. The van der Waals surface area contributed by atoms with E-state index in [-0.39, 0.29) is 0 Å². The smallest absolute Gasteiger partial charge is 0.0587 e. The molecule has 0 amide bonds. The second-order valence-electron chi connectivity index (χ2n) is 13.0. The number of hydrogen-bond donors (Lipinski definition) is 0. The van der Waals surface area contributed by atoms with Crippen molar-refractivity contribution < 1.29 is 0 Å². The van der Waals surface area contributed by atoms with Crippen LogP contribution >= 0.6 is 22.4 Å². The van der Waals surface area contributed by atoms with Crippen molar-refractivity contribution in [1.82, 2.24) is 0 Å². The lowest BCUT2D eigenvalue weighted by atomic mass is 10.0. The summed E-state index contributed by atoms with van der Waals surface area (Å²) in [4.78, 5) is 0. The SMILES string of the molecule is CC(C)c1ccc([P+](C)(C(C)C)C(C)C)c(P(C)c2cc(C(C)C)ccc2[P+](C)(C(C)C)C(C)C)c1. The fourth-order valence-corrected chi connectivity index (χ4v) is 16.1. The summed E-state index contributed by atoms with van der Waals surface area (Å²) in [5, 5.41) is 6.72. The lowest BCUT2D eigenvalue weighted by Gasteiger charge is -2.36. The third kappa shape index (κ3) is 5.98. The summed E-state index contributed by atoms with van der Waals surface area (Å²) >= 11 is 0. The highest BCUT2D eigenvalue weighted by molar-refractivity contribution is 7.88. The van der Waals surface area contributed by atoms with Gasteiger partial charge in [0.05, 0.1) is 36.0 Å². The van der Waals surface area contributed by atoms with E-state index in [1.54, 1.807) is 21.2 Å². The average Bonchev–Trinajstić information content (AvgIpc) is 2.80. The van der Waals surface area contributed by atoms with Gasteiger partial charge in [-0.1, -0.05) is 39.8 Å². The summed E-state index contributed by atoms with van der Waals surface area (Å²) in [6.07, 6.45) is 0. The van der Waals surface area contributed by atoms with Gasteiger partial charge in [-0.25, -0.2) is 0 Å². The van der Waals surface area contributed by atoms with E-state index in [9.17, 15) is 0 Å². The topological polar surface area (TPSA) is 0 Å². The maximum absolute atomic E-state index is 2.63. The van der Waals surface area contributed by atoms with Crippen LogP contribution in [0.25, 0.3) is 0 Å². The van der Waals surface area contributed by atoms with Gasteiger partial charge in [-0.15, -0.1) is 0 Å². The second kappa shape index (κ2) is 12.3. The zero-order valence-electron chi connectivity index (χ0n) is 26.3. The molecule has 0 aliphatic heterocycles. The summed E-state index contributed by atoms with van der Waals surface area (Å²) in [6, 6.07) is 15.3. The highest BCUT2D eigenvalue weighted by atomic mass is 31.2. The highest BCUT2D eigenvalue weighted by Gasteiger charge is 2.47. The lowest BCUT2D eigenvalue weighted by Crippen LogP contribution is -2.40. The molecule has 0 aromatic heterocycles. The Morgan fingerprint density at radius 2 is 0.778 bits per heavy atom. The third-order valence-electron chi connectivity index (χ3n) is 9.38. The van der Waals surface area contributed by atoms with Crippen molar-refractivity contribution in [2.45, 2.75) is 118 Å². The molecule has 0 N–H and O–H groups in total. The molecule has 3 heteroatoms. The van der Waals surface area contributed by atoms with Gasteiger partial charge in [0.2, 0.25) is 0 Å². The molecule has 0 aliphatic rings. The Morgan fingerprint density at radius 1 is 0.500 bits per heavy atom.